The molecule has 0 unspecified atom stereocenters. The van der Waals surface area contributed by atoms with Crippen molar-refractivity contribution >= 4 is 11.6 Å². The number of benzene rings is 2. The minimum atomic E-state index is -0.309. The number of rotatable bonds is 6. The molecule has 100 valence electrons. The second-order valence-electron chi connectivity index (χ2n) is 4.37. The van der Waals surface area contributed by atoms with Crippen LogP contribution in [0.4, 0.5) is 4.39 Å². The first kappa shape index (κ1) is 13.9. The van der Waals surface area contributed by atoms with Crippen LogP contribution in [0.3, 0.4) is 0 Å². The minimum Gasteiger partial charge on any atom is -0.493 e. The Morgan fingerprint density at radius 3 is 2.53 bits per heavy atom. The van der Waals surface area contributed by atoms with Crippen LogP contribution in [-0.4, -0.2) is 6.61 Å². The summed E-state index contributed by atoms with van der Waals surface area (Å²) in [5.74, 6) is 0.526. The van der Waals surface area contributed by atoms with Crippen molar-refractivity contribution in [2.75, 3.05) is 6.61 Å². The Morgan fingerprint density at radius 2 is 1.79 bits per heavy atom. The highest BCUT2D eigenvalue weighted by molar-refractivity contribution is 6.17. The lowest BCUT2D eigenvalue weighted by atomic mass is 10.1. The van der Waals surface area contributed by atoms with Crippen molar-refractivity contribution in [3.8, 4) is 5.75 Å². The molecule has 2 aromatic rings. The lowest BCUT2D eigenvalue weighted by Crippen LogP contribution is -2.00. The SMILES string of the molecule is Fc1cc(CCl)cc(OCCCc2ccccc2)c1. The van der Waals surface area contributed by atoms with E-state index in [1.807, 2.05) is 18.2 Å². The quantitative estimate of drug-likeness (QED) is 0.555. The van der Waals surface area contributed by atoms with Crippen molar-refractivity contribution in [3.63, 3.8) is 0 Å². The van der Waals surface area contributed by atoms with Crippen molar-refractivity contribution in [1.82, 2.24) is 0 Å². The van der Waals surface area contributed by atoms with Gasteiger partial charge in [0.15, 0.2) is 0 Å². The molecule has 2 rings (SSSR count). The molecule has 1 nitrogen and oxygen atoms in total. The van der Waals surface area contributed by atoms with Gasteiger partial charge in [0.1, 0.15) is 11.6 Å². The first-order chi connectivity index (χ1) is 9.28. The zero-order chi connectivity index (χ0) is 13.5. The predicted octanol–water partition coefficient (Wildman–Crippen LogP) is 4.58. The fourth-order valence-corrected chi connectivity index (χ4v) is 2.05. The molecular formula is C16H16ClFO. The summed E-state index contributed by atoms with van der Waals surface area (Å²) in [5, 5.41) is 0. The maximum atomic E-state index is 13.3. The van der Waals surface area contributed by atoms with E-state index in [4.69, 9.17) is 16.3 Å². The lowest BCUT2D eigenvalue weighted by Gasteiger charge is -2.08. The third kappa shape index (κ3) is 4.56. The zero-order valence-electron chi connectivity index (χ0n) is 10.6. The monoisotopic (exact) mass is 278 g/mol. The van der Waals surface area contributed by atoms with Gasteiger partial charge < -0.3 is 4.74 Å². The van der Waals surface area contributed by atoms with E-state index >= 15 is 0 Å². The predicted molar refractivity (Wildman–Crippen MR) is 76.2 cm³/mol. The lowest BCUT2D eigenvalue weighted by molar-refractivity contribution is 0.309. The van der Waals surface area contributed by atoms with Gasteiger partial charge in [0.2, 0.25) is 0 Å². The number of aryl methyl sites for hydroxylation is 1. The number of halogens is 2. The molecule has 0 radical (unpaired) electrons. The average Bonchev–Trinajstić information content (AvgIpc) is 2.44. The van der Waals surface area contributed by atoms with Gasteiger partial charge in [0, 0.05) is 11.9 Å². The average molecular weight is 279 g/mol. The normalized spacial score (nSPS) is 10.4. The molecule has 0 spiro atoms. The second-order valence-corrected chi connectivity index (χ2v) is 4.63. The van der Waals surface area contributed by atoms with Gasteiger partial charge in [-0.2, -0.15) is 0 Å². The van der Waals surface area contributed by atoms with E-state index in [0.29, 0.717) is 12.4 Å². The fraction of sp³-hybridized carbons (Fsp3) is 0.250. The van der Waals surface area contributed by atoms with Gasteiger partial charge in [0.05, 0.1) is 6.61 Å². The van der Waals surface area contributed by atoms with Crippen molar-refractivity contribution < 1.29 is 9.13 Å². The van der Waals surface area contributed by atoms with Gasteiger partial charge in [-0.3, -0.25) is 0 Å². The summed E-state index contributed by atoms with van der Waals surface area (Å²) < 4.78 is 18.8. The molecule has 0 bridgehead atoms. The molecule has 0 N–H and O–H groups in total. The third-order valence-corrected chi connectivity index (χ3v) is 3.12. The number of hydrogen-bond donors (Lipinski definition) is 0. The molecule has 0 aliphatic rings. The highest BCUT2D eigenvalue weighted by atomic mass is 35.5. The molecule has 0 aromatic heterocycles. The van der Waals surface area contributed by atoms with Crippen LogP contribution in [0.1, 0.15) is 17.5 Å². The standard InChI is InChI=1S/C16H16ClFO/c17-12-14-9-15(18)11-16(10-14)19-8-4-7-13-5-2-1-3-6-13/h1-3,5-6,9-11H,4,7-8,12H2. The van der Waals surface area contributed by atoms with Gasteiger partial charge >= 0.3 is 0 Å². The van der Waals surface area contributed by atoms with E-state index in [-0.39, 0.29) is 11.7 Å². The molecule has 3 heteroatoms. The molecule has 0 amide bonds. The highest BCUT2D eigenvalue weighted by Crippen LogP contribution is 2.18. The van der Waals surface area contributed by atoms with Crippen LogP contribution in [0, 0.1) is 5.82 Å². The van der Waals surface area contributed by atoms with Gasteiger partial charge in [-0.25, -0.2) is 4.39 Å². The molecule has 2 aromatic carbocycles. The Kier molecular flexibility index (Phi) is 5.22. The first-order valence-electron chi connectivity index (χ1n) is 6.30. The van der Waals surface area contributed by atoms with Crippen molar-refractivity contribution in [3.05, 3.63) is 65.5 Å². The van der Waals surface area contributed by atoms with E-state index in [0.717, 1.165) is 18.4 Å². The van der Waals surface area contributed by atoms with E-state index in [1.54, 1.807) is 6.07 Å². The number of alkyl halides is 1. The van der Waals surface area contributed by atoms with Crippen molar-refractivity contribution in [1.29, 1.82) is 0 Å². The van der Waals surface area contributed by atoms with Crippen LogP contribution in [0.15, 0.2) is 48.5 Å². The summed E-state index contributed by atoms with van der Waals surface area (Å²) in [5.41, 5.74) is 2.02. The topological polar surface area (TPSA) is 9.23 Å². The van der Waals surface area contributed by atoms with Gasteiger partial charge in [-0.15, -0.1) is 11.6 Å². The number of hydrogen-bond acceptors (Lipinski definition) is 1. The van der Waals surface area contributed by atoms with E-state index in [2.05, 4.69) is 12.1 Å². The molecule has 0 aliphatic carbocycles. The van der Waals surface area contributed by atoms with E-state index in [1.165, 1.54) is 17.7 Å². The maximum Gasteiger partial charge on any atom is 0.127 e. The van der Waals surface area contributed by atoms with Crippen LogP contribution >= 0.6 is 11.6 Å². The van der Waals surface area contributed by atoms with E-state index < -0.39 is 0 Å². The summed E-state index contributed by atoms with van der Waals surface area (Å²) in [7, 11) is 0. The Morgan fingerprint density at radius 1 is 1.00 bits per heavy atom. The minimum absolute atomic E-state index is 0.290. The zero-order valence-corrected chi connectivity index (χ0v) is 11.4. The maximum absolute atomic E-state index is 13.3. The van der Waals surface area contributed by atoms with Crippen LogP contribution in [-0.2, 0) is 12.3 Å². The first-order valence-corrected chi connectivity index (χ1v) is 6.83. The Labute approximate surface area is 118 Å². The molecule has 0 atom stereocenters. The molecule has 0 aliphatic heterocycles. The molecule has 0 heterocycles. The molecule has 19 heavy (non-hydrogen) atoms. The largest absolute Gasteiger partial charge is 0.493 e. The van der Waals surface area contributed by atoms with Gasteiger partial charge in [0.25, 0.3) is 0 Å². The molecular weight excluding hydrogens is 263 g/mol. The van der Waals surface area contributed by atoms with Crippen molar-refractivity contribution in [2.24, 2.45) is 0 Å². The van der Waals surface area contributed by atoms with Crippen LogP contribution < -0.4 is 4.74 Å². The second kappa shape index (κ2) is 7.15. The Hall–Kier alpha value is -1.54. The number of ether oxygens (including phenoxy) is 1. The Bertz CT molecular complexity index is 513. The van der Waals surface area contributed by atoms with Crippen LogP contribution in [0.2, 0.25) is 0 Å². The molecule has 0 fully saturated rings. The third-order valence-electron chi connectivity index (χ3n) is 2.81. The van der Waals surface area contributed by atoms with Gasteiger partial charge in [-0.1, -0.05) is 30.3 Å². The molecule has 0 saturated carbocycles. The summed E-state index contributed by atoms with van der Waals surface area (Å²) in [6.07, 6.45) is 1.86. The van der Waals surface area contributed by atoms with Gasteiger partial charge in [-0.05, 0) is 36.1 Å². The van der Waals surface area contributed by atoms with Crippen LogP contribution in [0.5, 0.6) is 5.75 Å². The summed E-state index contributed by atoms with van der Waals surface area (Å²) in [6.45, 7) is 0.570. The van der Waals surface area contributed by atoms with Crippen LogP contribution in [0.25, 0.3) is 0 Å². The smallest absolute Gasteiger partial charge is 0.127 e. The molecule has 0 saturated heterocycles. The summed E-state index contributed by atoms with van der Waals surface area (Å²) in [4.78, 5) is 0. The Balaban J connectivity index is 1.81. The summed E-state index contributed by atoms with van der Waals surface area (Å²) >= 11 is 5.69. The van der Waals surface area contributed by atoms with Crippen molar-refractivity contribution in [2.45, 2.75) is 18.7 Å². The summed E-state index contributed by atoms with van der Waals surface area (Å²) in [6, 6.07) is 14.8. The fourth-order valence-electron chi connectivity index (χ4n) is 1.89. The van der Waals surface area contributed by atoms with E-state index in [9.17, 15) is 4.39 Å². The highest BCUT2D eigenvalue weighted by Gasteiger charge is 2.01.